The number of nitrogens with zero attached hydrogens (tertiary/aromatic N) is 4. The smallest absolute Gasteiger partial charge is 0.422 e. The number of ether oxygens (including phenoxy) is 1. The maximum atomic E-state index is 14.2. The van der Waals surface area contributed by atoms with Crippen LogP contribution in [0.3, 0.4) is 0 Å². The molecule has 0 aliphatic carbocycles. The number of benzene rings is 1. The monoisotopic (exact) mass is 468 g/mol. The molecule has 1 aliphatic rings. The highest BCUT2D eigenvalue weighted by molar-refractivity contribution is 7.91. The SMILES string of the molecule is O=C(c1cc(-c2cc(F)cc(OCC(F)(F)F)c2)n(-c2cccnc2)n1)N1CC[S+]([O-])C1. The van der Waals surface area contributed by atoms with E-state index in [0.717, 1.165) is 12.1 Å². The molecule has 1 amide bonds. The molecule has 168 valence electrons. The van der Waals surface area contributed by atoms with Gasteiger partial charge in [-0.15, -0.1) is 0 Å². The van der Waals surface area contributed by atoms with Crippen LogP contribution < -0.4 is 4.74 Å². The molecule has 1 saturated heterocycles. The summed E-state index contributed by atoms with van der Waals surface area (Å²) in [5.74, 6) is -1.14. The molecule has 1 unspecified atom stereocenters. The van der Waals surface area contributed by atoms with Crippen molar-refractivity contribution in [3.05, 3.63) is 60.3 Å². The van der Waals surface area contributed by atoms with Crippen LogP contribution in [0, 0.1) is 5.82 Å². The van der Waals surface area contributed by atoms with Crippen molar-refractivity contribution in [2.24, 2.45) is 0 Å². The van der Waals surface area contributed by atoms with E-state index in [1.54, 1.807) is 12.1 Å². The van der Waals surface area contributed by atoms with Crippen LogP contribution in [-0.4, -0.2) is 61.1 Å². The third kappa shape index (κ3) is 5.02. The van der Waals surface area contributed by atoms with Gasteiger partial charge in [-0.05, 0) is 41.5 Å². The lowest BCUT2D eigenvalue weighted by atomic mass is 10.1. The topological polar surface area (TPSA) is 83.3 Å². The molecular weight excluding hydrogens is 452 g/mol. The molecule has 0 bridgehead atoms. The Kier molecular flexibility index (Phi) is 6.07. The molecule has 2 aromatic heterocycles. The Morgan fingerprint density at radius 2 is 2.06 bits per heavy atom. The third-order valence-electron chi connectivity index (χ3n) is 4.56. The Balaban J connectivity index is 1.75. The number of aromatic nitrogens is 3. The van der Waals surface area contributed by atoms with E-state index in [4.69, 9.17) is 4.74 Å². The summed E-state index contributed by atoms with van der Waals surface area (Å²) in [6.45, 7) is -1.26. The van der Waals surface area contributed by atoms with Crippen molar-refractivity contribution in [1.29, 1.82) is 0 Å². The highest BCUT2D eigenvalue weighted by Crippen LogP contribution is 2.30. The first-order valence-electron chi connectivity index (χ1n) is 9.35. The van der Waals surface area contributed by atoms with E-state index in [1.165, 1.54) is 34.1 Å². The van der Waals surface area contributed by atoms with Crippen LogP contribution in [0.2, 0.25) is 0 Å². The molecule has 3 aromatic rings. The molecule has 32 heavy (non-hydrogen) atoms. The first-order chi connectivity index (χ1) is 15.2. The van der Waals surface area contributed by atoms with Crippen LogP contribution in [-0.2, 0) is 11.2 Å². The molecular formula is C20H16F4N4O3S. The third-order valence-corrected chi connectivity index (χ3v) is 5.80. The fraction of sp³-hybridized carbons (Fsp3) is 0.250. The standard InChI is InChI=1S/C20H16F4N4O3S/c21-14-6-13(7-16(8-14)31-11-20(22,23)24)18-9-17(19(29)27-4-5-32(30)12-27)26-28(18)15-2-1-3-25-10-15/h1-3,6-10H,4-5,11-12H2. The van der Waals surface area contributed by atoms with Crippen molar-refractivity contribution in [2.45, 2.75) is 6.18 Å². The Hall–Kier alpha value is -3.12. The van der Waals surface area contributed by atoms with Gasteiger partial charge in [0.05, 0.1) is 24.1 Å². The number of amides is 1. The molecule has 3 heterocycles. The van der Waals surface area contributed by atoms with Gasteiger partial charge >= 0.3 is 6.18 Å². The number of carbonyl (C=O) groups is 1. The van der Waals surface area contributed by atoms with Crippen LogP contribution in [0.4, 0.5) is 17.6 Å². The number of rotatable bonds is 5. The molecule has 7 nitrogen and oxygen atoms in total. The van der Waals surface area contributed by atoms with Gasteiger partial charge in [0, 0.05) is 17.8 Å². The zero-order valence-electron chi connectivity index (χ0n) is 16.4. The lowest BCUT2D eigenvalue weighted by Crippen LogP contribution is -2.29. The molecule has 12 heteroatoms. The van der Waals surface area contributed by atoms with Crippen molar-refractivity contribution in [1.82, 2.24) is 19.7 Å². The quantitative estimate of drug-likeness (QED) is 0.424. The Morgan fingerprint density at radius 1 is 1.25 bits per heavy atom. The van der Waals surface area contributed by atoms with Gasteiger partial charge < -0.3 is 9.29 Å². The molecule has 1 aromatic carbocycles. The largest absolute Gasteiger partial charge is 0.615 e. The number of alkyl halides is 3. The zero-order valence-corrected chi connectivity index (χ0v) is 17.2. The van der Waals surface area contributed by atoms with Gasteiger partial charge in [-0.3, -0.25) is 14.7 Å². The zero-order chi connectivity index (χ0) is 22.9. The second-order valence-corrected chi connectivity index (χ2v) is 8.51. The first kappa shape index (κ1) is 22.1. The summed E-state index contributed by atoms with van der Waals surface area (Å²) < 4.78 is 69.4. The summed E-state index contributed by atoms with van der Waals surface area (Å²) >= 11 is -1.13. The minimum Gasteiger partial charge on any atom is -0.615 e. The molecule has 1 fully saturated rings. The summed E-state index contributed by atoms with van der Waals surface area (Å²) in [4.78, 5) is 18.3. The number of carbonyl (C=O) groups excluding carboxylic acids is 1. The van der Waals surface area contributed by atoms with Crippen LogP contribution >= 0.6 is 0 Å². The van der Waals surface area contributed by atoms with Crippen LogP contribution in [0.5, 0.6) is 5.75 Å². The van der Waals surface area contributed by atoms with Gasteiger partial charge in [0.15, 0.2) is 18.2 Å². The van der Waals surface area contributed by atoms with Gasteiger partial charge in [-0.2, -0.15) is 18.3 Å². The van der Waals surface area contributed by atoms with Gasteiger partial charge in [-0.1, -0.05) is 0 Å². The minimum atomic E-state index is -4.58. The van der Waals surface area contributed by atoms with Crippen molar-refractivity contribution < 1.29 is 31.6 Å². The van der Waals surface area contributed by atoms with E-state index in [1.807, 2.05) is 0 Å². The predicted octanol–water partition coefficient (Wildman–Crippen LogP) is 3.18. The summed E-state index contributed by atoms with van der Waals surface area (Å²) in [7, 11) is 0. The molecule has 4 rings (SSSR count). The maximum absolute atomic E-state index is 14.2. The summed E-state index contributed by atoms with van der Waals surface area (Å²) in [6, 6.07) is 7.87. The van der Waals surface area contributed by atoms with Crippen molar-refractivity contribution >= 4 is 17.1 Å². The van der Waals surface area contributed by atoms with Gasteiger partial charge in [-0.25, -0.2) is 9.07 Å². The van der Waals surface area contributed by atoms with Gasteiger partial charge in [0.1, 0.15) is 17.3 Å². The minimum absolute atomic E-state index is 0.0183. The number of hydrogen-bond acceptors (Lipinski definition) is 5. The Bertz CT molecular complexity index is 1120. The van der Waals surface area contributed by atoms with Crippen LogP contribution in [0.15, 0.2) is 48.8 Å². The second-order valence-electron chi connectivity index (χ2n) is 6.96. The fourth-order valence-electron chi connectivity index (χ4n) is 3.16. The van der Waals surface area contributed by atoms with Gasteiger partial charge in [0.25, 0.3) is 5.91 Å². The van der Waals surface area contributed by atoms with E-state index in [-0.39, 0.29) is 28.6 Å². The number of pyridine rings is 1. The average Bonchev–Trinajstić information content (AvgIpc) is 3.38. The first-order valence-corrected chi connectivity index (χ1v) is 10.8. The lowest BCUT2D eigenvalue weighted by Gasteiger charge is -2.12. The van der Waals surface area contributed by atoms with Crippen LogP contribution in [0.25, 0.3) is 16.9 Å². The van der Waals surface area contributed by atoms with Crippen molar-refractivity contribution in [2.75, 3.05) is 24.8 Å². The Labute approximate surface area is 182 Å². The van der Waals surface area contributed by atoms with Gasteiger partial charge in [0.2, 0.25) is 0 Å². The van der Waals surface area contributed by atoms with Crippen molar-refractivity contribution in [3.63, 3.8) is 0 Å². The average molecular weight is 468 g/mol. The molecule has 0 saturated carbocycles. The van der Waals surface area contributed by atoms with E-state index < -0.39 is 35.7 Å². The molecule has 0 spiro atoms. The lowest BCUT2D eigenvalue weighted by molar-refractivity contribution is -0.153. The van der Waals surface area contributed by atoms with E-state index >= 15 is 0 Å². The molecule has 1 aliphatic heterocycles. The molecule has 0 N–H and O–H groups in total. The highest BCUT2D eigenvalue weighted by atomic mass is 32.2. The molecule has 1 atom stereocenters. The number of hydrogen-bond donors (Lipinski definition) is 0. The maximum Gasteiger partial charge on any atom is 0.422 e. The van der Waals surface area contributed by atoms with Crippen molar-refractivity contribution in [3.8, 4) is 22.7 Å². The van der Waals surface area contributed by atoms with Crippen LogP contribution in [0.1, 0.15) is 10.5 Å². The summed E-state index contributed by atoms with van der Waals surface area (Å²) in [5, 5.41) is 4.31. The van der Waals surface area contributed by atoms with E-state index in [9.17, 15) is 26.9 Å². The van der Waals surface area contributed by atoms with E-state index in [2.05, 4.69) is 10.1 Å². The summed E-state index contributed by atoms with van der Waals surface area (Å²) in [5.41, 5.74) is 0.874. The normalized spacial score (nSPS) is 16.4. The highest BCUT2D eigenvalue weighted by Gasteiger charge is 2.31. The summed E-state index contributed by atoms with van der Waals surface area (Å²) in [6.07, 6.45) is -1.58. The number of halogens is 4. The fourth-order valence-corrected chi connectivity index (χ4v) is 4.31. The Morgan fingerprint density at radius 3 is 2.72 bits per heavy atom. The predicted molar refractivity (Wildman–Crippen MR) is 107 cm³/mol. The second kappa shape index (κ2) is 8.79. The molecule has 0 radical (unpaired) electrons. The van der Waals surface area contributed by atoms with E-state index in [0.29, 0.717) is 18.0 Å².